The molecule has 0 aromatic heterocycles. The average Bonchev–Trinajstić information content (AvgIpc) is 2.13. The van der Waals surface area contributed by atoms with Crippen LogP contribution in [0.2, 0.25) is 19.6 Å². The standard InChI is InChI=1S/C11H27O3PSi/c1-7-10-11(16(4,5)6)15(12,13-8-2)14-9-3/h11H,7-10H2,1-6H3. The van der Waals surface area contributed by atoms with Gasteiger partial charge in [-0.05, 0) is 20.3 Å². The van der Waals surface area contributed by atoms with Crippen molar-refractivity contribution in [3.63, 3.8) is 0 Å². The van der Waals surface area contributed by atoms with Crippen molar-refractivity contribution in [1.82, 2.24) is 0 Å². The summed E-state index contributed by atoms with van der Waals surface area (Å²) in [5.74, 6) is 0. The first-order chi connectivity index (χ1) is 7.31. The molecule has 1 atom stereocenters. The molecule has 16 heavy (non-hydrogen) atoms. The summed E-state index contributed by atoms with van der Waals surface area (Å²) in [6.45, 7) is 13.5. The molecule has 0 bridgehead atoms. The van der Waals surface area contributed by atoms with Crippen molar-refractivity contribution in [1.29, 1.82) is 0 Å². The molecule has 0 aliphatic rings. The lowest BCUT2D eigenvalue weighted by Gasteiger charge is -2.34. The van der Waals surface area contributed by atoms with Crippen molar-refractivity contribution in [3.8, 4) is 0 Å². The van der Waals surface area contributed by atoms with Gasteiger partial charge in [-0.1, -0.05) is 33.0 Å². The summed E-state index contributed by atoms with van der Waals surface area (Å²) in [5, 5.41) is 0.116. The van der Waals surface area contributed by atoms with Gasteiger partial charge in [-0.2, -0.15) is 0 Å². The van der Waals surface area contributed by atoms with E-state index in [4.69, 9.17) is 9.05 Å². The topological polar surface area (TPSA) is 35.5 Å². The van der Waals surface area contributed by atoms with Gasteiger partial charge in [-0.15, -0.1) is 0 Å². The van der Waals surface area contributed by atoms with E-state index in [0.717, 1.165) is 12.8 Å². The molecule has 0 aromatic carbocycles. The van der Waals surface area contributed by atoms with Gasteiger partial charge < -0.3 is 9.05 Å². The van der Waals surface area contributed by atoms with Gasteiger partial charge in [0.1, 0.15) is 0 Å². The summed E-state index contributed by atoms with van der Waals surface area (Å²) in [5.41, 5.74) is 0. The van der Waals surface area contributed by atoms with Crippen LogP contribution in [0.3, 0.4) is 0 Å². The first-order valence-electron chi connectivity index (χ1n) is 6.20. The van der Waals surface area contributed by atoms with Crippen LogP contribution >= 0.6 is 7.60 Å². The van der Waals surface area contributed by atoms with Crippen LogP contribution in [0.15, 0.2) is 0 Å². The van der Waals surface area contributed by atoms with Gasteiger partial charge in [0, 0.05) is 0 Å². The van der Waals surface area contributed by atoms with E-state index in [1.807, 2.05) is 13.8 Å². The van der Waals surface area contributed by atoms with Gasteiger partial charge in [-0.25, -0.2) is 0 Å². The van der Waals surface area contributed by atoms with Crippen LogP contribution in [0.5, 0.6) is 0 Å². The molecule has 0 amide bonds. The fourth-order valence-corrected chi connectivity index (χ4v) is 9.04. The van der Waals surface area contributed by atoms with Gasteiger partial charge in [0.25, 0.3) is 0 Å². The molecule has 0 saturated heterocycles. The van der Waals surface area contributed by atoms with Crippen LogP contribution in [-0.2, 0) is 13.6 Å². The molecule has 0 saturated carbocycles. The van der Waals surface area contributed by atoms with E-state index in [9.17, 15) is 4.57 Å². The highest BCUT2D eigenvalue weighted by molar-refractivity contribution is 7.58. The van der Waals surface area contributed by atoms with Crippen LogP contribution in [0.4, 0.5) is 0 Å². The second-order valence-corrected chi connectivity index (χ2v) is 13.2. The van der Waals surface area contributed by atoms with Crippen LogP contribution in [0, 0.1) is 0 Å². The maximum atomic E-state index is 12.7. The number of hydrogen-bond acceptors (Lipinski definition) is 3. The van der Waals surface area contributed by atoms with Crippen LogP contribution in [0.25, 0.3) is 0 Å². The first kappa shape index (κ1) is 16.4. The van der Waals surface area contributed by atoms with Crippen molar-refractivity contribution in [2.75, 3.05) is 13.2 Å². The van der Waals surface area contributed by atoms with Crippen molar-refractivity contribution in [2.45, 2.75) is 58.5 Å². The van der Waals surface area contributed by atoms with E-state index in [-0.39, 0.29) is 5.28 Å². The molecule has 0 aromatic rings. The highest BCUT2D eigenvalue weighted by atomic mass is 31.2. The minimum absolute atomic E-state index is 0.116. The lowest BCUT2D eigenvalue weighted by molar-refractivity contribution is 0.216. The maximum absolute atomic E-state index is 12.7. The summed E-state index contributed by atoms with van der Waals surface area (Å²) in [6.07, 6.45) is 1.96. The Morgan fingerprint density at radius 2 is 1.50 bits per heavy atom. The summed E-state index contributed by atoms with van der Waals surface area (Å²) < 4.78 is 23.7. The molecule has 0 N–H and O–H groups in total. The van der Waals surface area contributed by atoms with Crippen LogP contribution < -0.4 is 0 Å². The normalized spacial score (nSPS) is 15.1. The van der Waals surface area contributed by atoms with Gasteiger partial charge in [0.05, 0.1) is 26.6 Å². The molecule has 0 aliphatic carbocycles. The Morgan fingerprint density at radius 1 is 1.06 bits per heavy atom. The third-order valence-electron chi connectivity index (χ3n) is 2.56. The highest BCUT2D eigenvalue weighted by Gasteiger charge is 2.43. The molecular formula is C11H27O3PSi. The summed E-state index contributed by atoms with van der Waals surface area (Å²) in [6, 6.07) is 0. The minimum Gasteiger partial charge on any atom is -0.309 e. The molecule has 0 heterocycles. The molecule has 0 aliphatic heterocycles. The zero-order valence-corrected chi connectivity index (χ0v) is 13.5. The van der Waals surface area contributed by atoms with E-state index < -0.39 is 15.7 Å². The second kappa shape index (κ2) is 6.95. The van der Waals surface area contributed by atoms with E-state index in [1.54, 1.807) is 0 Å². The van der Waals surface area contributed by atoms with Crippen molar-refractivity contribution >= 4 is 15.7 Å². The summed E-state index contributed by atoms with van der Waals surface area (Å²) >= 11 is 0. The predicted octanol–water partition coefficient (Wildman–Crippen LogP) is 4.30. The van der Waals surface area contributed by atoms with E-state index in [1.165, 1.54) is 0 Å². The lowest BCUT2D eigenvalue weighted by atomic mass is 10.4. The number of hydrogen-bond donors (Lipinski definition) is 0. The molecule has 0 fully saturated rings. The van der Waals surface area contributed by atoms with E-state index >= 15 is 0 Å². The lowest BCUT2D eigenvalue weighted by Crippen LogP contribution is -2.39. The van der Waals surface area contributed by atoms with E-state index in [0.29, 0.717) is 13.2 Å². The Labute approximate surface area is 101 Å². The molecule has 0 rings (SSSR count). The molecular weight excluding hydrogens is 239 g/mol. The number of rotatable bonds is 8. The molecule has 5 heteroatoms. The molecule has 0 spiro atoms. The Bertz CT molecular complexity index is 228. The summed E-state index contributed by atoms with van der Waals surface area (Å²) in [7, 11) is -4.44. The van der Waals surface area contributed by atoms with Gasteiger partial charge in [-0.3, -0.25) is 4.57 Å². The monoisotopic (exact) mass is 266 g/mol. The third-order valence-corrected chi connectivity index (χ3v) is 10.4. The summed E-state index contributed by atoms with van der Waals surface area (Å²) in [4.78, 5) is 0. The van der Waals surface area contributed by atoms with Crippen molar-refractivity contribution in [2.24, 2.45) is 0 Å². The Hall–Kier alpha value is 0.367. The average molecular weight is 266 g/mol. The Kier molecular flexibility index (Phi) is 7.11. The van der Waals surface area contributed by atoms with E-state index in [2.05, 4.69) is 26.6 Å². The SMILES string of the molecule is CCCC([Si](C)(C)C)P(=O)(OCC)OCC. The van der Waals surface area contributed by atoms with Gasteiger partial charge >= 0.3 is 7.60 Å². The van der Waals surface area contributed by atoms with Crippen LogP contribution in [-0.4, -0.2) is 26.6 Å². The van der Waals surface area contributed by atoms with Gasteiger partial charge in [0.15, 0.2) is 0 Å². The fraction of sp³-hybridized carbons (Fsp3) is 1.00. The molecule has 3 nitrogen and oxygen atoms in total. The zero-order valence-electron chi connectivity index (χ0n) is 11.6. The Morgan fingerprint density at radius 3 is 1.75 bits per heavy atom. The minimum atomic E-state index is -2.91. The molecule has 98 valence electrons. The predicted molar refractivity (Wildman–Crippen MR) is 72.9 cm³/mol. The Balaban J connectivity index is 5.01. The fourth-order valence-electron chi connectivity index (χ4n) is 1.92. The smallest absolute Gasteiger partial charge is 0.309 e. The molecule has 1 unspecified atom stereocenters. The second-order valence-electron chi connectivity index (χ2n) is 5.05. The third kappa shape index (κ3) is 4.70. The highest BCUT2D eigenvalue weighted by Crippen LogP contribution is 2.57. The van der Waals surface area contributed by atoms with Crippen molar-refractivity contribution in [3.05, 3.63) is 0 Å². The first-order valence-corrected chi connectivity index (χ1v) is 11.4. The largest absolute Gasteiger partial charge is 0.331 e. The maximum Gasteiger partial charge on any atom is 0.331 e. The van der Waals surface area contributed by atoms with Crippen LogP contribution in [0.1, 0.15) is 33.6 Å². The quantitative estimate of drug-likeness (QED) is 0.485. The van der Waals surface area contributed by atoms with Gasteiger partial charge in [0.2, 0.25) is 0 Å². The molecule has 0 radical (unpaired) electrons. The van der Waals surface area contributed by atoms with Crippen molar-refractivity contribution < 1.29 is 13.6 Å². The zero-order chi connectivity index (χ0) is 12.8.